The molecule has 1 heterocycles. The van der Waals surface area contributed by atoms with Gasteiger partial charge in [-0.05, 0) is 19.1 Å². The first-order valence-electron chi connectivity index (χ1n) is 5.14. The second kappa shape index (κ2) is 4.06. The maximum Gasteiger partial charge on any atom is 0.0872 e. The minimum atomic E-state index is -0.492. The van der Waals surface area contributed by atoms with Gasteiger partial charge in [0.25, 0.3) is 0 Å². The van der Waals surface area contributed by atoms with Crippen LogP contribution in [0.2, 0.25) is 0 Å². The van der Waals surface area contributed by atoms with Gasteiger partial charge < -0.3 is 5.11 Å². The van der Waals surface area contributed by atoms with Crippen molar-refractivity contribution >= 4 is 0 Å². The molecule has 0 amide bonds. The summed E-state index contributed by atoms with van der Waals surface area (Å²) < 4.78 is 0. The van der Waals surface area contributed by atoms with E-state index in [4.69, 9.17) is 0 Å². The Morgan fingerprint density at radius 3 is 2.60 bits per heavy atom. The Morgan fingerprint density at radius 2 is 2.00 bits per heavy atom. The average Bonchev–Trinajstić information content (AvgIpc) is 2.16. The van der Waals surface area contributed by atoms with Gasteiger partial charge in [-0.15, -0.1) is 0 Å². The molecular formula is C13H15NO. The van der Waals surface area contributed by atoms with Crippen LogP contribution in [0.4, 0.5) is 0 Å². The molecule has 0 saturated carbocycles. The fourth-order valence-electron chi connectivity index (χ4n) is 1.80. The molecule has 0 spiro atoms. The Labute approximate surface area is 90.5 Å². The van der Waals surface area contributed by atoms with Crippen LogP contribution >= 0.6 is 0 Å². The highest BCUT2D eigenvalue weighted by Crippen LogP contribution is 2.18. The molecule has 0 bridgehead atoms. The molecule has 0 atom stereocenters. The maximum atomic E-state index is 9.51. The number of β-amino-alcohol motifs (C(OH)–C–C–N with tert-alkyl or cyclic N) is 1. The average molecular weight is 201 g/mol. The quantitative estimate of drug-likeness (QED) is 0.688. The smallest absolute Gasteiger partial charge is 0.0872 e. The van der Waals surface area contributed by atoms with Crippen molar-refractivity contribution in [3.8, 4) is 11.8 Å². The molecule has 0 aromatic heterocycles. The molecule has 1 aromatic carbocycles. The lowest BCUT2D eigenvalue weighted by atomic mass is 9.97. The van der Waals surface area contributed by atoms with Crippen molar-refractivity contribution in [3.63, 3.8) is 0 Å². The van der Waals surface area contributed by atoms with Crippen molar-refractivity contribution in [1.29, 1.82) is 0 Å². The summed E-state index contributed by atoms with van der Waals surface area (Å²) in [5.41, 5.74) is 0.554. The molecule has 15 heavy (non-hydrogen) atoms. The lowest BCUT2D eigenvalue weighted by Crippen LogP contribution is -2.59. The summed E-state index contributed by atoms with van der Waals surface area (Å²) in [7, 11) is 0. The van der Waals surface area contributed by atoms with Crippen molar-refractivity contribution in [1.82, 2.24) is 4.90 Å². The molecule has 2 rings (SSSR count). The zero-order valence-corrected chi connectivity index (χ0v) is 8.90. The molecular weight excluding hydrogens is 186 g/mol. The molecule has 1 fully saturated rings. The van der Waals surface area contributed by atoms with E-state index >= 15 is 0 Å². The van der Waals surface area contributed by atoms with E-state index in [9.17, 15) is 5.11 Å². The molecule has 0 radical (unpaired) electrons. The number of nitrogens with zero attached hydrogens (tertiary/aromatic N) is 1. The van der Waals surface area contributed by atoms with E-state index in [1.807, 2.05) is 37.3 Å². The molecule has 1 saturated heterocycles. The van der Waals surface area contributed by atoms with Gasteiger partial charge >= 0.3 is 0 Å². The number of benzene rings is 1. The Morgan fingerprint density at radius 1 is 1.33 bits per heavy atom. The standard InChI is InChI=1S/C13H15NO/c1-13(15)10-14(11-13)9-5-8-12-6-3-2-4-7-12/h2-4,6-7,15H,9-11H2,1H3. The highest BCUT2D eigenvalue weighted by molar-refractivity contribution is 5.33. The first-order valence-corrected chi connectivity index (χ1v) is 5.14. The fraction of sp³-hybridized carbons (Fsp3) is 0.385. The summed E-state index contributed by atoms with van der Waals surface area (Å²) in [5, 5.41) is 9.51. The van der Waals surface area contributed by atoms with Gasteiger partial charge in [-0.25, -0.2) is 0 Å². The van der Waals surface area contributed by atoms with Crippen LogP contribution in [0.1, 0.15) is 12.5 Å². The van der Waals surface area contributed by atoms with E-state index in [2.05, 4.69) is 16.7 Å². The van der Waals surface area contributed by atoms with Gasteiger partial charge in [-0.3, -0.25) is 4.90 Å². The van der Waals surface area contributed by atoms with Gasteiger partial charge in [-0.2, -0.15) is 0 Å². The van der Waals surface area contributed by atoms with Crippen molar-refractivity contribution in [2.45, 2.75) is 12.5 Å². The van der Waals surface area contributed by atoms with Gasteiger partial charge in [0.1, 0.15) is 0 Å². The normalized spacial score (nSPS) is 18.8. The lowest BCUT2D eigenvalue weighted by Gasteiger charge is -2.43. The van der Waals surface area contributed by atoms with Crippen molar-refractivity contribution in [2.24, 2.45) is 0 Å². The third kappa shape index (κ3) is 2.82. The Hall–Kier alpha value is -1.30. The first kappa shape index (κ1) is 10.2. The Bertz CT molecular complexity index is 378. The van der Waals surface area contributed by atoms with Gasteiger partial charge in [0, 0.05) is 18.7 Å². The topological polar surface area (TPSA) is 23.5 Å². The van der Waals surface area contributed by atoms with E-state index in [-0.39, 0.29) is 0 Å². The molecule has 0 aliphatic carbocycles. The molecule has 1 aliphatic rings. The monoisotopic (exact) mass is 201 g/mol. The van der Waals surface area contributed by atoms with Gasteiger partial charge in [0.05, 0.1) is 12.1 Å². The van der Waals surface area contributed by atoms with E-state index in [1.54, 1.807) is 0 Å². The minimum Gasteiger partial charge on any atom is -0.388 e. The summed E-state index contributed by atoms with van der Waals surface area (Å²) in [6.07, 6.45) is 0. The molecule has 0 unspecified atom stereocenters. The number of likely N-dealkylation sites (tertiary alicyclic amines) is 1. The Kier molecular flexibility index (Phi) is 2.77. The summed E-state index contributed by atoms with van der Waals surface area (Å²) in [4.78, 5) is 2.13. The summed E-state index contributed by atoms with van der Waals surface area (Å²) in [6.45, 7) is 4.06. The van der Waals surface area contributed by atoms with Crippen molar-refractivity contribution in [3.05, 3.63) is 35.9 Å². The van der Waals surface area contributed by atoms with Gasteiger partial charge in [0.15, 0.2) is 0 Å². The van der Waals surface area contributed by atoms with Crippen LogP contribution < -0.4 is 0 Å². The van der Waals surface area contributed by atoms with Crippen molar-refractivity contribution in [2.75, 3.05) is 19.6 Å². The summed E-state index contributed by atoms with van der Waals surface area (Å²) >= 11 is 0. The fourth-order valence-corrected chi connectivity index (χ4v) is 1.80. The summed E-state index contributed by atoms with van der Waals surface area (Å²) in [5.74, 6) is 6.20. The van der Waals surface area contributed by atoms with Gasteiger partial charge in [0.2, 0.25) is 0 Å². The van der Waals surface area contributed by atoms with Crippen LogP contribution in [-0.2, 0) is 0 Å². The second-order valence-electron chi connectivity index (χ2n) is 4.31. The predicted molar refractivity (Wildman–Crippen MR) is 60.4 cm³/mol. The minimum absolute atomic E-state index is 0.492. The second-order valence-corrected chi connectivity index (χ2v) is 4.31. The molecule has 78 valence electrons. The third-order valence-electron chi connectivity index (χ3n) is 2.44. The van der Waals surface area contributed by atoms with Crippen LogP contribution in [0.3, 0.4) is 0 Å². The number of rotatable bonds is 1. The van der Waals surface area contributed by atoms with Crippen LogP contribution in [-0.4, -0.2) is 35.2 Å². The molecule has 1 aliphatic heterocycles. The Balaban J connectivity index is 1.82. The highest BCUT2D eigenvalue weighted by Gasteiger charge is 2.35. The van der Waals surface area contributed by atoms with Crippen LogP contribution in [0.15, 0.2) is 30.3 Å². The molecule has 1 aromatic rings. The number of hydrogen-bond acceptors (Lipinski definition) is 2. The number of hydrogen-bond donors (Lipinski definition) is 1. The first-order chi connectivity index (χ1) is 7.16. The predicted octanol–water partition coefficient (Wildman–Crippen LogP) is 1.10. The van der Waals surface area contributed by atoms with Crippen LogP contribution in [0.5, 0.6) is 0 Å². The zero-order valence-electron chi connectivity index (χ0n) is 8.90. The number of aliphatic hydroxyl groups is 1. The van der Waals surface area contributed by atoms with E-state index < -0.39 is 5.60 Å². The van der Waals surface area contributed by atoms with Crippen molar-refractivity contribution < 1.29 is 5.11 Å². The zero-order chi connectivity index (χ0) is 10.7. The molecule has 2 nitrogen and oxygen atoms in total. The van der Waals surface area contributed by atoms with E-state index in [0.717, 1.165) is 25.2 Å². The van der Waals surface area contributed by atoms with Crippen LogP contribution in [0.25, 0.3) is 0 Å². The largest absolute Gasteiger partial charge is 0.388 e. The lowest BCUT2D eigenvalue weighted by molar-refractivity contribution is -0.0768. The van der Waals surface area contributed by atoms with E-state index in [1.165, 1.54) is 0 Å². The third-order valence-corrected chi connectivity index (χ3v) is 2.44. The highest BCUT2D eigenvalue weighted by atomic mass is 16.3. The molecule has 1 N–H and O–H groups in total. The SMILES string of the molecule is CC1(O)CN(CC#Cc2ccccc2)C1. The molecule has 2 heteroatoms. The summed E-state index contributed by atoms with van der Waals surface area (Å²) in [6, 6.07) is 9.95. The van der Waals surface area contributed by atoms with Gasteiger partial charge in [-0.1, -0.05) is 30.0 Å². The van der Waals surface area contributed by atoms with Crippen LogP contribution in [0, 0.1) is 11.8 Å². The maximum absolute atomic E-state index is 9.51. The van der Waals surface area contributed by atoms with E-state index in [0.29, 0.717) is 0 Å².